The maximum atomic E-state index is 13.6. The van der Waals surface area contributed by atoms with Crippen molar-refractivity contribution in [1.82, 2.24) is 10.7 Å². The van der Waals surface area contributed by atoms with E-state index in [-0.39, 0.29) is 5.56 Å². The highest BCUT2D eigenvalue weighted by Crippen LogP contribution is 2.10. The third-order valence-corrected chi connectivity index (χ3v) is 3.18. The molecular formula is C16H15F2N3S. The Kier molecular flexibility index (Phi) is 5.55. The minimum Gasteiger partial charge on any atom is -0.357 e. The number of thiocarbonyl (C=S) groups is 1. The fourth-order valence-corrected chi connectivity index (χ4v) is 1.91. The molecule has 0 spiro atoms. The average molecular weight is 319 g/mol. The average Bonchev–Trinajstić information content (AvgIpc) is 2.51. The fraction of sp³-hybridized carbons (Fsp3) is 0.125. The van der Waals surface area contributed by atoms with Gasteiger partial charge in [0.25, 0.3) is 0 Å². The van der Waals surface area contributed by atoms with Crippen LogP contribution in [0.3, 0.4) is 0 Å². The van der Waals surface area contributed by atoms with Gasteiger partial charge in [-0.05, 0) is 36.8 Å². The number of nitrogens with one attached hydrogen (secondary N) is 2. The van der Waals surface area contributed by atoms with Crippen LogP contribution in [0.2, 0.25) is 0 Å². The van der Waals surface area contributed by atoms with E-state index in [9.17, 15) is 8.78 Å². The molecular weight excluding hydrogens is 304 g/mol. The minimum absolute atomic E-state index is 0.222. The van der Waals surface area contributed by atoms with Gasteiger partial charge >= 0.3 is 0 Å². The van der Waals surface area contributed by atoms with Gasteiger partial charge in [0.15, 0.2) is 5.11 Å². The van der Waals surface area contributed by atoms with E-state index in [1.807, 2.05) is 30.3 Å². The van der Waals surface area contributed by atoms with Crippen molar-refractivity contribution in [1.29, 1.82) is 0 Å². The molecule has 114 valence electrons. The molecule has 0 heterocycles. The van der Waals surface area contributed by atoms with E-state index < -0.39 is 11.6 Å². The molecule has 2 N–H and O–H groups in total. The van der Waals surface area contributed by atoms with Crippen LogP contribution in [-0.4, -0.2) is 10.8 Å². The lowest BCUT2D eigenvalue weighted by Gasteiger charge is -2.08. The van der Waals surface area contributed by atoms with Crippen LogP contribution < -0.4 is 10.7 Å². The molecule has 0 aliphatic carbocycles. The molecule has 0 radical (unpaired) electrons. The Labute approximate surface area is 133 Å². The van der Waals surface area contributed by atoms with E-state index >= 15 is 0 Å². The molecule has 3 nitrogen and oxygen atoms in total. The van der Waals surface area contributed by atoms with Crippen LogP contribution in [0.4, 0.5) is 8.78 Å². The van der Waals surface area contributed by atoms with Crippen molar-refractivity contribution in [3.8, 4) is 0 Å². The van der Waals surface area contributed by atoms with Gasteiger partial charge in [-0.2, -0.15) is 5.10 Å². The summed E-state index contributed by atoms with van der Waals surface area (Å²) in [5.74, 6) is -1.28. The molecule has 22 heavy (non-hydrogen) atoms. The van der Waals surface area contributed by atoms with E-state index in [1.54, 1.807) is 6.92 Å². The maximum Gasteiger partial charge on any atom is 0.187 e. The quantitative estimate of drug-likeness (QED) is 0.515. The molecule has 0 aromatic heterocycles. The van der Waals surface area contributed by atoms with Crippen LogP contribution in [0.5, 0.6) is 0 Å². The van der Waals surface area contributed by atoms with Crippen LogP contribution in [0, 0.1) is 11.6 Å². The molecule has 0 saturated heterocycles. The Balaban J connectivity index is 1.91. The first-order valence-electron chi connectivity index (χ1n) is 6.64. The van der Waals surface area contributed by atoms with Crippen LogP contribution in [0.25, 0.3) is 0 Å². The Morgan fingerprint density at radius 3 is 2.55 bits per heavy atom. The van der Waals surface area contributed by atoms with Gasteiger partial charge in [-0.15, -0.1) is 0 Å². The highest BCUT2D eigenvalue weighted by molar-refractivity contribution is 7.80. The van der Waals surface area contributed by atoms with Crippen molar-refractivity contribution >= 4 is 23.0 Å². The first-order chi connectivity index (χ1) is 10.6. The third kappa shape index (κ3) is 4.60. The predicted octanol–water partition coefficient (Wildman–Crippen LogP) is 3.35. The zero-order valence-electron chi connectivity index (χ0n) is 11.9. The monoisotopic (exact) mass is 319 g/mol. The zero-order chi connectivity index (χ0) is 15.9. The number of halogens is 2. The molecule has 0 atom stereocenters. The van der Waals surface area contributed by atoms with Gasteiger partial charge in [-0.3, -0.25) is 5.43 Å². The molecule has 2 rings (SSSR count). The molecule has 6 heteroatoms. The van der Waals surface area contributed by atoms with Gasteiger partial charge in [0.2, 0.25) is 0 Å². The van der Waals surface area contributed by atoms with Crippen molar-refractivity contribution in [2.45, 2.75) is 13.5 Å². The molecule has 0 unspecified atom stereocenters. The molecule has 0 fully saturated rings. The van der Waals surface area contributed by atoms with Crippen molar-refractivity contribution in [3.05, 3.63) is 71.3 Å². The van der Waals surface area contributed by atoms with Crippen molar-refractivity contribution < 1.29 is 8.78 Å². The van der Waals surface area contributed by atoms with Gasteiger partial charge in [-0.25, -0.2) is 8.78 Å². The zero-order valence-corrected chi connectivity index (χ0v) is 12.8. The summed E-state index contributed by atoms with van der Waals surface area (Å²) in [7, 11) is 0. The summed E-state index contributed by atoms with van der Waals surface area (Å²) < 4.78 is 26.5. The number of nitrogens with zero attached hydrogens (tertiary/aromatic N) is 1. The smallest absolute Gasteiger partial charge is 0.187 e. The van der Waals surface area contributed by atoms with Gasteiger partial charge in [0, 0.05) is 18.2 Å². The van der Waals surface area contributed by atoms with Crippen LogP contribution in [0.1, 0.15) is 18.1 Å². The number of rotatable bonds is 4. The summed E-state index contributed by atoms with van der Waals surface area (Å²) in [5.41, 5.74) is 4.32. The van der Waals surface area contributed by atoms with E-state index in [4.69, 9.17) is 12.2 Å². The summed E-state index contributed by atoms with van der Waals surface area (Å²) in [6, 6.07) is 13.1. The number of hydrogen-bond donors (Lipinski definition) is 2. The van der Waals surface area contributed by atoms with Gasteiger partial charge in [0.05, 0.1) is 5.71 Å². The van der Waals surface area contributed by atoms with Gasteiger partial charge < -0.3 is 5.32 Å². The van der Waals surface area contributed by atoms with Gasteiger partial charge in [-0.1, -0.05) is 30.3 Å². The SMILES string of the molecule is C/C(=N/NC(=S)NCc1ccccc1)c1ccc(F)cc1F. The lowest BCUT2D eigenvalue weighted by molar-refractivity contribution is 0.581. The summed E-state index contributed by atoms with van der Waals surface area (Å²) in [6.45, 7) is 2.18. The summed E-state index contributed by atoms with van der Waals surface area (Å²) >= 11 is 5.09. The normalized spacial score (nSPS) is 11.1. The standard InChI is InChI=1S/C16H15F2N3S/c1-11(14-8-7-13(17)9-15(14)18)20-21-16(22)19-10-12-5-3-2-4-6-12/h2-9H,10H2,1H3,(H2,19,21,22)/b20-11-. The highest BCUT2D eigenvalue weighted by Gasteiger charge is 2.06. The number of benzene rings is 2. The lowest BCUT2D eigenvalue weighted by atomic mass is 10.1. The van der Waals surface area contributed by atoms with Crippen molar-refractivity contribution in [3.63, 3.8) is 0 Å². The second-order valence-corrected chi connectivity index (χ2v) is 5.01. The third-order valence-electron chi connectivity index (χ3n) is 2.94. The topological polar surface area (TPSA) is 36.4 Å². The number of hydrazone groups is 1. The summed E-state index contributed by atoms with van der Waals surface area (Å²) in [4.78, 5) is 0. The molecule has 0 saturated carbocycles. The van der Waals surface area contributed by atoms with E-state index in [0.717, 1.165) is 11.6 Å². The van der Waals surface area contributed by atoms with Crippen molar-refractivity contribution in [2.75, 3.05) is 0 Å². The van der Waals surface area contributed by atoms with E-state index in [2.05, 4.69) is 15.8 Å². The van der Waals surface area contributed by atoms with Crippen LogP contribution in [-0.2, 0) is 6.54 Å². The lowest BCUT2D eigenvalue weighted by Crippen LogP contribution is -2.32. The molecule has 0 aliphatic heterocycles. The molecule has 2 aromatic carbocycles. The van der Waals surface area contributed by atoms with E-state index in [1.165, 1.54) is 12.1 Å². The molecule has 2 aromatic rings. The minimum atomic E-state index is -0.661. The summed E-state index contributed by atoms with van der Waals surface area (Å²) in [6.07, 6.45) is 0. The second kappa shape index (κ2) is 7.61. The molecule has 0 bridgehead atoms. The second-order valence-electron chi connectivity index (χ2n) is 4.60. The van der Waals surface area contributed by atoms with Gasteiger partial charge in [0.1, 0.15) is 11.6 Å². The Bertz CT molecular complexity index is 687. The first kappa shape index (κ1) is 16.0. The predicted molar refractivity (Wildman–Crippen MR) is 87.6 cm³/mol. The summed E-state index contributed by atoms with van der Waals surface area (Å²) in [5, 5.41) is 7.31. The van der Waals surface area contributed by atoms with E-state index in [0.29, 0.717) is 17.4 Å². The maximum absolute atomic E-state index is 13.6. The highest BCUT2D eigenvalue weighted by atomic mass is 32.1. The van der Waals surface area contributed by atoms with Crippen LogP contribution in [0.15, 0.2) is 53.6 Å². The number of hydrogen-bond acceptors (Lipinski definition) is 2. The Morgan fingerprint density at radius 2 is 1.86 bits per heavy atom. The Morgan fingerprint density at radius 1 is 1.14 bits per heavy atom. The largest absolute Gasteiger partial charge is 0.357 e. The first-order valence-corrected chi connectivity index (χ1v) is 7.04. The fourth-order valence-electron chi connectivity index (χ4n) is 1.80. The Hall–Kier alpha value is -2.34. The van der Waals surface area contributed by atoms with Crippen LogP contribution >= 0.6 is 12.2 Å². The molecule has 0 amide bonds. The van der Waals surface area contributed by atoms with Crippen molar-refractivity contribution in [2.24, 2.45) is 5.10 Å². The molecule has 0 aliphatic rings.